The number of nitrogens with one attached hydrogen (secondary N) is 1. The van der Waals surface area contributed by atoms with Crippen LogP contribution in [0.15, 0.2) is 48.5 Å². The number of carbonyl (C=O) groups is 2. The van der Waals surface area contributed by atoms with Crippen LogP contribution in [0.1, 0.15) is 51.6 Å². The van der Waals surface area contributed by atoms with E-state index >= 15 is 0 Å². The molecule has 176 valence electrons. The Morgan fingerprint density at radius 1 is 1.18 bits per heavy atom. The summed E-state index contributed by atoms with van der Waals surface area (Å²) in [6.07, 6.45) is 0.507. The Hall–Kier alpha value is -3.72. The Bertz CT molecular complexity index is 1240. The van der Waals surface area contributed by atoms with E-state index in [1.54, 1.807) is 29.2 Å². The van der Waals surface area contributed by atoms with E-state index in [0.29, 0.717) is 29.1 Å². The number of halogens is 2. The van der Waals surface area contributed by atoms with E-state index in [0.717, 1.165) is 0 Å². The van der Waals surface area contributed by atoms with Crippen molar-refractivity contribution in [3.05, 3.63) is 82.0 Å². The average Bonchev–Trinajstić information content (AvgIpc) is 3.21. The summed E-state index contributed by atoms with van der Waals surface area (Å²) in [5, 5.41) is 23.4. The number of benzene rings is 2. The van der Waals surface area contributed by atoms with Gasteiger partial charge in [-0.05, 0) is 48.2 Å². The zero-order valence-electron chi connectivity index (χ0n) is 18.2. The molecule has 1 aromatic heterocycles. The largest absolute Gasteiger partial charge is 0.501 e. The van der Waals surface area contributed by atoms with Gasteiger partial charge in [0.05, 0.1) is 6.04 Å². The SMILES string of the molecule is CC1CC(c2nc(O)c(O)c(C(=O)NCc3ccc(F)cc3)n2)N(C(=O)c2cccc(Cl)c2)C1. The van der Waals surface area contributed by atoms with E-state index in [4.69, 9.17) is 11.6 Å². The first-order chi connectivity index (χ1) is 16.2. The summed E-state index contributed by atoms with van der Waals surface area (Å²) < 4.78 is 13.1. The van der Waals surface area contributed by atoms with Gasteiger partial charge < -0.3 is 20.4 Å². The first kappa shape index (κ1) is 23.4. The number of carbonyl (C=O) groups excluding carboxylic acids is 2. The minimum Gasteiger partial charge on any atom is -0.501 e. The maximum absolute atomic E-state index is 13.2. The van der Waals surface area contributed by atoms with Crippen LogP contribution >= 0.6 is 11.6 Å². The molecule has 0 saturated carbocycles. The number of hydrogen-bond donors (Lipinski definition) is 3. The lowest BCUT2D eigenvalue weighted by molar-refractivity contribution is 0.0725. The molecular formula is C24H22ClFN4O4. The second-order valence-electron chi connectivity index (χ2n) is 8.24. The summed E-state index contributed by atoms with van der Waals surface area (Å²) in [6.45, 7) is 2.44. The molecule has 0 bridgehead atoms. The van der Waals surface area contributed by atoms with E-state index in [1.165, 1.54) is 24.3 Å². The second-order valence-corrected chi connectivity index (χ2v) is 8.67. The normalized spacial score (nSPS) is 17.6. The standard InChI is InChI=1S/C24H22ClFN4O4/c1-13-9-18(30(12-13)24(34)15-3-2-4-16(25)10-15)21-28-19(20(31)23(33)29-21)22(32)27-11-14-5-7-17(26)8-6-14/h2-8,10,13,18,31H,9,11-12H2,1H3,(H,27,32)(H,28,29,33). The Balaban J connectivity index is 1.60. The number of nitrogens with zero attached hydrogens (tertiary/aromatic N) is 3. The van der Waals surface area contributed by atoms with Crippen LogP contribution < -0.4 is 5.32 Å². The van der Waals surface area contributed by atoms with Crippen molar-refractivity contribution in [1.29, 1.82) is 0 Å². The number of aromatic nitrogens is 2. The van der Waals surface area contributed by atoms with Crippen molar-refractivity contribution in [2.45, 2.75) is 25.9 Å². The van der Waals surface area contributed by atoms with Crippen LogP contribution in [0.25, 0.3) is 0 Å². The van der Waals surface area contributed by atoms with Crippen molar-refractivity contribution in [3.63, 3.8) is 0 Å². The Morgan fingerprint density at radius 2 is 1.91 bits per heavy atom. The molecular weight excluding hydrogens is 463 g/mol. The molecule has 2 amide bonds. The number of rotatable bonds is 5. The highest BCUT2D eigenvalue weighted by atomic mass is 35.5. The predicted molar refractivity (Wildman–Crippen MR) is 122 cm³/mol. The van der Waals surface area contributed by atoms with Gasteiger partial charge in [-0.3, -0.25) is 9.59 Å². The van der Waals surface area contributed by atoms with E-state index < -0.39 is 35.1 Å². The smallest absolute Gasteiger partial charge is 0.274 e. The molecule has 4 rings (SSSR count). The van der Waals surface area contributed by atoms with Crippen molar-refractivity contribution in [2.24, 2.45) is 5.92 Å². The average molecular weight is 485 g/mol. The molecule has 2 atom stereocenters. The Labute approximate surface area is 200 Å². The molecule has 0 spiro atoms. The summed E-state index contributed by atoms with van der Waals surface area (Å²) in [6, 6.07) is 11.5. The highest BCUT2D eigenvalue weighted by Gasteiger charge is 2.37. The lowest BCUT2D eigenvalue weighted by Gasteiger charge is -2.24. The van der Waals surface area contributed by atoms with Gasteiger partial charge in [-0.15, -0.1) is 0 Å². The van der Waals surface area contributed by atoms with Crippen LogP contribution in [0.2, 0.25) is 5.02 Å². The molecule has 8 nitrogen and oxygen atoms in total. The van der Waals surface area contributed by atoms with Crippen LogP contribution in [-0.2, 0) is 6.54 Å². The van der Waals surface area contributed by atoms with Crippen LogP contribution in [0.4, 0.5) is 4.39 Å². The van der Waals surface area contributed by atoms with Gasteiger partial charge >= 0.3 is 0 Å². The zero-order chi connectivity index (χ0) is 24.4. The van der Waals surface area contributed by atoms with Crippen molar-refractivity contribution < 1.29 is 24.2 Å². The molecule has 2 aromatic carbocycles. The summed E-state index contributed by atoms with van der Waals surface area (Å²) in [5.41, 5.74) is 0.613. The van der Waals surface area contributed by atoms with Gasteiger partial charge in [0.1, 0.15) is 5.82 Å². The first-order valence-electron chi connectivity index (χ1n) is 10.6. The van der Waals surface area contributed by atoms with Gasteiger partial charge in [0, 0.05) is 23.7 Å². The molecule has 34 heavy (non-hydrogen) atoms. The van der Waals surface area contributed by atoms with Crippen molar-refractivity contribution in [3.8, 4) is 11.6 Å². The predicted octanol–water partition coefficient (Wildman–Crippen LogP) is 3.83. The molecule has 2 heterocycles. The van der Waals surface area contributed by atoms with E-state index in [2.05, 4.69) is 15.3 Å². The molecule has 3 N–H and O–H groups in total. The maximum Gasteiger partial charge on any atom is 0.274 e. The Kier molecular flexibility index (Phi) is 6.65. The van der Waals surface area contributed by atoms with Crippen molar-refractivity contribution in [1.82, 2.24) is 20.2 Å². The summed E-state index contributed by atoms with van der Waals surface area (Å²) in [4.78, 5) is 35.6. The molecule has 3 aromatic rings. The fourth-order valence-corrected chi connectivity index (χ4v) is 4.13. The molecule has 10 heteroatoms. The molecule has 1 fully saturated rings. The van der Waals surface area contributed by atoms with Crippen LogP contribution in [0.3, 0.4) is 0 Å². The minimum absolute atomic E-state index is 0.0435. The number of amides is 2. The molecule has 0 radical (unpaired) electrons. The molecule has 1 saturated heterocycles. The molecule has 0 aliphatic carbocycles. The number of aromatic hydroxyl groups is 2. The van der Waals surface area contributed by atoms with E-state index in [-0.39, 0.29) is 24.2 Å². The van der Waals surface area contributed by atoms with Gasteiger partial charge in [-0.2, -0.15) is 4.98 Å². The minimum atomic E-state index is -0.765. The monoisotopic (exact) mass is 484 g/mol. The second kappa shape index (κ2) is 9.64. The molecule has 1 aliphatic heterocycles. The van der Waals surface area contributed by atoms with Crippen LogP contribution in [0.5, 0.6) is 11.6 Å². The lowest BCUT2D eigenvalue weighted by Crippen LogP contribution is -2.32. The fraction of sp³-hybridized carbons (Fsp3) is 0.250. The summed E-state index contributed by atoms with van der Waals surface area (Å²) in [7, 11) is 0. The third-order valence-electron chi connectivity index (χ3n) is 5.61. The van der Waals surface area contributed by atoms with Crippen LogP contribution in [-0.4, -0.2) is 43.4 Å². The maximum atomic E-state index is 13.2. The number of hydrogen-bond acceptors (Lipinski definition) is 6. The van der Waals surface area contributed by atoms with E-state index in [9.17, 15) is 24.2 Å². The number of likely N-dealkylation sites (tertiary alicyclic amines) is 1. The van der Waals surface area contributed by atoms with Crippen LogP contribution in [0, 0.1) is 11.7 Å². The molecule has 2 unspecified atom stereocenters. The van der Waals surface area contributed by atoms with E-state index in [1.807, 2.05) is 6.92 Å². The Morgan fingerprint density at radius 3 is 2.62 bits per heavy atom. The fourth-order valence-electron chi connectivity index (χ4n) is 3.94. The third kappa shape index (κ3) is 4.94. The quantitative estimate of drug-likeness (QED) is 0.507. The third-order valence-corrected chi connectivity index (χ3v) is 5.84. The van der Waals surface area contributed by atoms with Gasteiger partial charge in [0.25, 0.3) is 17.7 Å². The van der Waals surface area contributed by atoms with Gasteiger partial charge in [-0.25, -0.2) is 9.37 Å². The van der Waals surface area contributed by atoms with Gasteiger partial charge in [-0.1, -0.05) is 36.7 Å². The lowest BCUT2D eigenvalue weighted by atomic mass is 10.1. The first-order valence-corrected chi connectivity index (χ1v) is 11.0. The van der Waals surface area contributed by atoms with Crippen molar-refractivity contribution >= 4 is 23.4 Å². The summed E-state index contributed by atoms with van der Waals surface area (Å²) in [5.74, 6) is -2.80. The molecule has 1 aliphatic rings. The highest BCUT2D eigenvalue weighted by molar-refractivity contribution is 6.30. The van der Waals surface area contributed by atoms with Gasteiger partial charge in [0.15, 0.2) is 11.5 Å². The highest BCUT2D eigenvalue weighted by Crippen LogP contribution is 2.37. The van der Waals surface area contributed by atoms with Crippen molar-refractivity contribution in [2.75, 3.05) is 6.54 Å². The van der Waals surface area contributed by atoms with Gasteiger partial charge in [0.2, 0.25) is 5.75 Å². The summed E-state index contributed by atoms with van der Waals surface area (Å²) >= 11 is 6.03. The topological polar surface area (TPSA) is 116 Å². The zero-order valence-corrected chi connectivity index (χ0v) is 19.0.